The number of rotatable bonds is 2. The van der Waals surface area contributed by atoms with Crippen LogP contribution in [0.25, 0.3) is 0 Å². The molecule has 7 nitrogen and oxygen atoms in total. The number of nitrogens with zero attached hydrogens (tertiary/aromatic N) is 3. The minimum Gasteiger partial charge on any atom is -0.363 e. The zero-order valence-corrected chi connectivity index (χ0v) is 16.1. The topological polar surface area (TPSA) is 71.8 Å². The molecule has 0 aliphatic carbocycles. The van der Waals surface area contributed by atoms with Crippen LogP contribution in [0, 0.1) is 5.82 Å². The van der Waals surface area contributed by atoms with Crippen molar-refractivity contribution in [3.05, 3.63) is 64.3 Å². The van der Waals surface area contributed by atoms with Crippen LogP contribution in [0.3, 0.4) is 0 Å². The normalized spacial score (nSPS) is 18.9. The van der Waals surface area contributed by atoms with Gasteiger partial charge in [-0.15, -0.1) is 0 Å². The summed E-state index contributed by atoms with van der Waals surface area (Å²) in [5.74, 6) is -0.701. The Labute approximate surface area is 167 Å². The Bertz CT molecular complexity index is 994. The maximum Gasteiger partial charge on any atom is 0.254 e. The molecule has 3 heterocycles. The molecule has 1 aromatic heterocycles. The lowest BCUT2D eigenvalue weighted by Crippen LogP contribution is -2.59. The monoisotopic (exact) mass is 399 g/mol. The number of morpholine rings is 1. The Morgan fingerprint density at radius 1 is 1.10 bits per heavy atom. The van der Waals surface area contributed by atoms with E-state index in [0.29, 0.717) is 43.7 Å². The Morgan fingerprint density at radius 2 is 1.79 bits per heavy atom. The maximum atomic E-state index is 13.2. The number of pyridine rings is 1. The number of piperidine rings is 1. The third kappa shape index (κ3) is 3.80. The van der Waals surface area contributed by atoms with Gasteiger partial charge in [0.05, 0.1) is 12.1 Å². The summed E-state index contributed by atoms with van der Waals surface area (Å²) in [5, 5.41) is 0. The van der Waals surface area contributed by atoms with Crippen molar-refractivity contribution >= 4 is 17.5 Å². The quantitative estimate of drug-likeness (QED) is 0.769. The summed E-state index contributed by atoms with van der Waals surface area (Å²) in [5.41, 5.74) is 0.245. The maximum absolute atomic E-state index is 13.2. The molecule has 152 valence electrons. The summed E-state index contributed by atoms with van der Waals surface area (Å²) in [6.07, 6.45) is 2.74. The molecule has 2 saturated heterocycles. The molecule has 2 fully saturated rings. The first-order chi connectivity index (χ1) is 13.9. The number of amides is 2. The Kier molecular flexibility index (Phi) is 4.96. The molecule has 8 heteroatoms. The Morgan fingerprint density at radius 3 is 2.45 bits per heavy atom. The standard InChI is InChI=1S/C21H22FN3O4/c1-23-9-6-15(12-18(23)26)20(28)24-10-7-21(8-11-24)14-25(19(27)13-29-21)17-4-2-16(22)3-5-17/h2-6,9,12H,7-8,10-11,13-14H2,1H3. The number of halogens is 1. The number of likely N-dealkylation sites (tertiary alicyclic amines) is 1. The summed E-state index contributed by atoms with van der Waals surface area (Å²) in [6, 6.07) is 8.81. The van der Waals surface area contributed by atoms with Crippen molar-refractivity contribution in [1.82, 2.24) is 9.47 Å². The fourth-order valence-electron chi connectivity index (χ4n) is 3.85. The van der Waals surface area contributed by atoms with Crippen LogP contribution in [-0.4, -0.2) is 53.1 Å². The number of aryl methyl sites for hydroxylation is 1. The number of hydrogen-bond donors (Lipinski definition) is 0. The summed E-state index contributed by atoms with van der Waals surface area (Å²) >= 11 is 0. The van der Waals surface area contributed by atoms with Gasteiger partial charge in [0.15, 0.2) is 0 Å². The molecule has 1 aromatic carbocycles. The van der Waals surface area contributed by atoms with Gasteiger partial charge in [-0.25, -0.2) is 4.39 Å². The molecule has 0 atom stereocenters. The average Bonchev–Trinajstić information content (AvgIpc) is 2.73. The molecule has 1 spiro atoms. The number of ether oxygens (including phenoxy) is 1. The molecule has 0 N–H and O–H groups in total. The molecule has 0 unspecified atom stereocenters. The van der Waals surface area contributed by atoms with Gasteiger partial charge in [-0.3, -0.25) is 14.4 Å². The second-order valence-corrected chi connectivity index (χ2v) is 7.58. The van der Waals surface area contributed by atoms with Crippen LogP contribution in [-0.2, 0) is 16.6 Å². The fourth-order valence-corrected chi connectivity index (χ4v) is 3.85. The third-order valence-corrected chi connectivity index (χ3v) is 5.70. The van der Waals surface area contributed by atoms with Gasteiger partial charge in [-0.2, -0.15) is 0 Å². The highest BCUT2D eigenvalue weighted by molar-refractivity contribution is 5.95. The smallest absolute Gasteiger partial charge is 0.254 e. The van der Waals surface area contributed by atoms with E-state index in [1.165, 1.54) is 22.8 Å². The number of hydrogen-bond acceptors (Lipinski definition) is 4. The van der Waals surface area contributed by atoms with Crippen molar-refractivity contribution in [3.63, 3.8) is 0 Å². The minimum atomic E-state index is -0.536. The number of carbonyl (C=O) groups is 2. The minimum absolute atomic E-state index is 0.0416. The fraction of sp³-hybridized carbons (Fsp3) is 0.381. The Hall–Kier alpha value is -3.00. The molecule has 0 radical (unpaired) electrons. The van der Waals surface area contributed by atoms with E-state index >= 15 is 0 Å². The summed E-state index contributed by atoms with van der Waals surface area (Å²) in [7, 11) is 1.63. The van der Waals surface area contributed by atoms with E-state index in [4.69, 9.17) is 4.74 Å². The van der Waals surface area contributed by atoms with Gasteiger partial charge in [-0.05, 0) is 43.2 Å². The van der Waals surface area contributed by atoms with E-state index in [-0.39, 0.29) is 29.8 Å². The zero-order valence-electron chi connectivity index (χ0n) is 16.1. The predicted molar refractivity (Wildman–Crippen MR) is 104 cm³/mol. The molecule has 2 aromatic rings. The van der Waals surface area contributed by atoms with Crippen molar-refractivity contribution in [2.45, 2.75) is 18.4 Å². The number of anilines is 1. The molecule has 0 saturated carbocycles. The van der Waals surface area contributed by atoms with Crippen LogP contribution in [0.2, 0.25) is 0 Å². The van der Waals surface area contributed by atoms with E-state index in [0.717, 1.165) is 0 Å². The summed E-state index contributed by atoms with van der Waals surface area (Å²) in [6.45, 7) is 1.27. The van der Waals surface area contributed by atoms with Crippen LogP contribution < -0.4 is 10.5 Å². The largest absolute Gasteiger partial charge is 0.363 e. The van der Waals surface area contributed by atoms with Gasteiger partial charge in [0.1, 0.15) is 12.4 Å². The van der Waals surface area contributed by atoms with E-state index < -0.39 is 5.60 Å². The summed E-state index contributed by atoms with van der Waals surface area (Å²) < 4.78 is 20.5. The van der Waals surface area contributed by atoms with Crippen molar-refractivity contribution in [2.24, 2.45) is 7.05 Å². The second-order valence-electron chi connectivity index (χ2n) is 7.58. The number of aromatic nitrogens is 1. The third-order valence-electron chi connectivity index (χ3n) is 5.70. The highest BCUT2D eigenvalue weighted by Crippen LogP contribution is 2.33. The molecule has 2 aliphatic heterocycles. The van der Waals surface area contributed by atoms with Gasteiger partial charge in [0.25, 0.3) is 17.4 Å². The van der Waals surface area contributed by atoms with Crippen LogP contribution >= 0.6 is 0 Å². The highest BCUT2D eigenvalue weighted by atomic mass is 19.1. The molecular formula is C21H22FN3O4. The van der Waals surface area contributed by atoms with E-state index in [9.17, 15) is 18.8 Å². The van der Waals surface area contributed by atoms with E-state index in [2.05, 4.69) is 0 Å². The number of carbonyl (C=O) groups excluding carboxylic acids is 2. The Balaban J connectivity index is 1.45. The first kappa shape index (κ1) is 19.3. The van der Waals surface area contributed by atoms with Crippen LogP contribution in [0.4, 0.5) is 10.1 Å². The van der Waals surface area contributed by atoms with Crippen molar-refractivity contribution in [3.8, 4) is 0 Å². The lowest BCUT2D eigenvalue weighted by molar-refractivity contribution is -0.143. The molecule has 2 amide bonds. The van der Waals surface area contributed by atoms with E-state index in [1.54, 1.807) is 41.2 Å². The average molecular weight is 399 g/mol. The molecule has 29 heavy (non-hydrogen) atoms. The first-order valence-corrected chi connectivity index (χ1v) is 9.53. The molecule has 0 bridgehead atoms. The molecule has 2 aliphatic rings. The van der Waals surface area contributed by atoms with Crippen LogP contribution in [0.15, 0.2) is 47.4 Å². The van der Waals surface area contributed by atoms with Gasteiger partial charge in [0, 0.05) is 43.7 Å². The SMILES string of the molecule is Cn1ccc(C(=O)N2CCC3(CC2)CN(c2ccc(F)cc2)C(=O)CO3)cc1=O. The molecule has 4 rings (SSSR count). The highest BCUT2D eigenvalue weighted by Gasteiger charge is 2.43. The zero-order chi connectivity index (χ0) is 20.6. The van der Waals surface area contributed by atoms with Crippen molar-refractivity contribution < 1.29 is 18.7 Å². The van der Waals surface area contributed by atoms with Gasteiger partial charge < -0.3 is 19.1 Å². The van der Waals surface area contributed by atoms with Crippen molar-refractivity contribution in [2.75, 3.05) is 31.1 Å². The lowest BCUT2D eigenvalue weighted by Gasteiger charge is -2.47. The van der Waals surface area contributed by atoms with Crippen LogP contribution in [0.5, 0.6) is 0 Å². The predicted octanol–water partition coefficient (Wildman–Crippen LogP) is 1.56. The number of benzene rings is 1. The lowest BCUT2D eigenvalue weighted by atomic mass is 9.88. The van der Waals surface area contributed by atoms with Crippen LogP contribution in [0.1, 0.15) is 23.2 Å². The van der Waals surface area contributed by atoms with Crippen molar-refractivity contribution in [1.29, 1.82) is 0 Å². The summed E-state index contributed by atoms with van der Waals surface area (Å²) in [4.78, 5) is 40.2. The van der Waals surface area contributed by atoms with Gasteiger partial charge in [0.2, 0.25) is 0 Å². The van der Waals surface area contributed by atoms with Gasteiger partial charge >= 0.3 is 0 Å². The molecular weight excluding hydrogens is 377 g/mol. The van der Waals surface area contributed by atoms with Gasteiger partial charge in [-0.1, -0.05) is 0 Å². The first-order valence-electron chi connectivity index (χ1n) is 9.53. The van der Waals surface area contributed by atoms with E-state index in [1.807, 2.05) is 0 Å². The second kappa shape index (κ2) is 7.44.